The van der Waals surface area contributed by atoms with Crippen LogP contribution >= 0.6 is 0 Å². The van der Waals surface area contributed by atoms with Gasteiger partial charge in [0.25, 0.3) is 0 Å². The Kier molecular flexibility index (Phi) is 8.12. The molecule has 2 unspecified atom stereocenters. The zero-order valence-electron chi connectivity index (χ0n) is 23.3. The smallest absolute Gasteiger partial charge is 0.237 e. The molecule has 7 heteroatoms. The number of amides is 1. The number of para-hydroxylation sites is 1. The fraction of sp³-hybridized carbons (Fsp3) is 0.303. The predicted octanol–water partition coefficient (Wildman–Crippen LogP) is 5.07. The number of aromatic nitrogens is 4. The van der Waals surface area contributed by atoms with Crippen molar-refractivity contribution in [1.29, 1.82) is 0 Å². The number of aromatic amines is 1. The first-order chi connectivity index (χ1) is 19.3. The monoisotopic (exact) mass is 534 g/mol. The van der Waals surface area contributed by atoms with Crippen LogP contribution in [0.2, 0.25) is 0 Å². The Balaban J connectivity index is 1.54. The molecule has 0 saturated carbocycles. The van der Waals surface area contributed by atoms with Crippen molar-refractivity contribution in [2.45, 2.75) is 64.0 Å². The molecular formula is C33H38N6O. The average Bonchev–Trinajstić information content (AvgIpc) is 3.56. The molecule has 206 valence electrons. The highest BCUT2D eigenvalue weighted by Crippen LogP contribution is 2.32. The number of hydrogen-bond donors (Lipinski definition) is 3. The Morgan fingerprint density at radius 3 is 2.35 bits per heavy atom. The van der Waals surface area contributed by atoms with Gasteiger partial charge in [-0.1, -0.05) is 79.7 Å². The maximum atomic E-state index is 12.4. The second kappa shape index (κ2) is 11.9. The number of primary amides is 1. The fourth-order valence-electron chi connectivity index (χ4n) is 5.41. The maximum absolute atomic E-state index is 12.4. The van der Waals surface area contributed by atoms with Gasteiger partial charge in [0, 0.05) is 29.4 Å². The number of nitrogens with two attached hydrogens (primary N) is 2. The summed E-state index contributed by atoms with van der Waals surface area (Å²) in [6.45, 7) is 4.50. The lowest BCUT2D eigenvalue weighted by Gasteiger charge is -2.27. The number of aryl methyl sites for hydroxylation is 3. The van der Waals surface area contributed by atoms with Crippen LogP contribution in [0.4, 0.5) is 0 Å². The van der Waals surface area contributed by atoms with Crippen LogP contribution in [0.1, 0.15) is 60.1 Å². The van der Waals surface area contributed by atoms with E-state index < -0.39 is 11.4 Å². The molecule has 7 nitrogen and oxygen atoms in total. The molecule has 2 aromatic heterocycles. The molecule has 0 aliphatic carbocycles. The van der Waals surface area contributed by atoms with Crippen LogP contribution in [0, 0.1) is 0 Å². The molecule has 1 amide bonds. The summed E-state index contributed by atoms with van der Waals surface area (Å²) in [6, 6.07) is 27.4. The van der Waals surface area contributed by atoms with Gasteiger partial charge in [-0.3, -0.25) is 4.79 Å². The van der Waals surface area contributed by atoms with Crippen molar-refractivity contribution in [2.75, 3.05) is 0 Å². The topological polar surface area (TPSA) is 116 Å². The van der Waals surface area contributed by atoms with Crippen LogP contribution in [0.3, 0.4) is 0 Å². The first-order valence-electron chi connectivity index (χ1n) is 14.0. The summed E-state index contributed by atoms with van der Waals surface area (Å²) in [4.78, 5) is 15.7. The summed E-state index contributed by atoms with van der Waals surface area (Å²) in [5.74, 6) is 1.04. The van der Waals surface area contributed by atoms with Crippen molar-refractivity contribution in [3.8, 4) is 0 Å². The predicted molar refractivity (Wildman–Crippen MR) is 160 cm³/mol. The van der Waals surface area contributed by atoms with E-state index in [1.54, 1.807) is 6.92 Å². The van der Waals surface area contributed by atoms with Crippen molar-refractivity contribution in [3.63, 3.8) is 0 Å². The van der Waals surface area contributed by atoms with Crippen LogP contribution in [-0.2, 0) is 37.0 Å². The second-order valence-corrected chi connectivity index (χ2v) is 11.0. The van der Waals surface area contributed by atoms with E-state index in [1.165, 1.54) is 16.7 Å². The second-order valence-electron chi connectivity index (χ2n) is 11.0. The van der Waals surface area contributed by atoms with E-state index in [0.717, 1.165) is 47.4 Å². The van der Waals surface area contributed by atoms with Crippen LogP contribution in [0.5, 0.6) is 0 Å². The third-order valence-electron chi connectivity index (χ3n) is 7.85. The van der Waals surface area contributed by atoms with E-state index in [9.17, 15) is 4.79 Å². The normalized spacial score (nSPS) is 13.8. The van der Waals surface area contributed by atoms with Crippen LogP contribution in [-0.4, -0.2) is 31.2 Å². The molecule has 3 aromatic carbocycles. The summed E-state index contributed by atoms with van der Waals surface area (Å²) in [6.07, 6.45) is 5.64. The molecule has 2 atom stereocenters. The number of H-pyrrole nitrogens is 1. The van der Waals surface area contributed by atoms with Crippen molar-refractivity contribution in [2.24, 2.45) is 11.5 Å². The number of nitrogens with zero attached hydrogens (tertiary/aromatic N) is 3. The van der Waals surface area contributed by atoms with Gasteiger partial charge in [-0.25, -0.2) is 0 Å². The first-order valence-corrected chi connectivity index (χ1v) is 14.0. The maximum Gasteiger partial charge on any atom is 0.237 e. The van der Waals surface area contributed by atoms with Gasteiger partial charge in [-0.15, -0.1) is 10.2 Å². The molecule has 0 saturated heterocycles. The summed E-state index contributed by atoms with van der Waals surface area (Å²) in [7, 11) is 0. The van der Waals surface area contributed by atoms with Crippen molar-refractivity contribution >= 4 is 16.8 Å². The summed E-state index contributed by atoms with van der Waals surface area (Å²) >= 11 is 0. The van der Waals surface area contributed by atoms with Crippen LogP contribution < -0.4 is 11.5 Å². The number of carbonyl (C=O) groups excluding carboxylic acids is 1. The molecule has 5 rings (SSSR count). The van der Waals surface area contributed by atoms with Crippen molar-refractivity contribution in [1.82, 2.24) is 19.7 Å². The minimum atomic E-state index is -1.19. The van der Waals surface area contributed by atoms with E-state index in [0.29, 0.717) is 19.4 Å². The van der Waals surface area contributed by atoms with Crippen molar-refractivity contribution in [3.05, 3.63) is 119 Å². The molecule has 0 radical (unpaired) electrons. The molecule has 5 N–H and O–H groups in total. The Morgan fingerprint density at radius 2 is 1.62 bits per heavy atom. The molecule has 0 bridgehead atoms. The van der Waals surface area contributed by atoms with Gasteiger partial charge in [-0.05, 0) is 60.9 Å². The van der Waals surface area contributed by atoms with E-state index in [4.69, 9.17) is 21.7 Å². The van der Waals surface area contributed by atoms with Gasteiger partial charge in [0.05, 0.1) is 12.1 Å². The minimum Gasteiger partial charge on any atom is -0.368 e. The lowest BCUT2D eigenvalue weighted by atomic mass is 9.84. The molecule has 2 heterocycles. The van der Waals surface area contributed by atoms with E-state index in [-0.39, 0.29) is 5.92 Å². The first kappa shape index (κ1) is 27.3. The Morgan fingerprint density at radius 1 is 0.925 bits per heavy atom. The number of rotatable bonds is 12. The number of hydrogen-bond acceptors (Lipinski definition) is 4. The van der Waals surface area contributed by atoms with Crippen LogP contribution in [0.25, 0.3) is 10.9 Å². The molecular weight excluding hydrogens is 496 g/mol. The number of benzene rings is 3. The van der Waals surface area contributed by atoms with Gasteiger partial charge in [0.15, 0.2) is 0 Å². The minimum absolute atomic E-state index is 0.172. The average molecular weight is 535 g/mol. The van der Waals surface area contributed by atoms with E-state index >= 15 is 0 Å². The Labute approximate surface area is 235 Å². The molecule has 0 spiro atoms. The molecule has 0 aliphatic heterocycles. The summed E-state index contributed by atoms with van der Waals surface area (Å²) in [5, 5.41) is 10.6. The molecule has 0 aliphatic rings. The van der Waals surface area contributed by atoms with Crippen LogP contribution in [0.15, 0.2) is 85.1 Å². The highest BCUT2D eigenvalue weighted by Gasteiger charge is 2.33. The van der Waals surface area contributed by atoms with E-state index in [1.807, 2.05) is 24.4 Å². The Bertz CT molecular complexity index is 1570. The zero-order valence-corrected chi connectivity index (χ0v) is 23.3. The van der Waals surface area contributed by atoms with Gasteiger partial charge in [0.1, 0.15) is 11.6 Å². The zero-order chi connectivity index (χ0) is 28.1. The number of nitrogens with one attached hydrogen (secondary N) is 1. The van der Waals surface area contributed by atoms with Gasteiger partial charge in [0.2, 0.25) is 5.91 Å². The van der Waals surface area contributed by atoms with Crippen molar-refractivity contribution < 1.29 is 4.79 Å². The Hall–Kier alpha value is -4.23. The third kappa shape index (κ3) is 6.15. The van der Waals surface area contributed by atoms with Gasteiger partial charge < -0.3 is 21.0 Å². The highest BCUT2D eigenvalue weighted by atomic mass is 16.1. The molecule has 0 fully saturated rings. The number of fused-ring (bicyclic) bond motifs is 1. The third-order valence-corrected chi connectivity index (χ3v) is 7.85. The summed E-state index contributed by atoms with van der Waals surface area (Å²) in [5.41, 5.74) is 17.0. The summed E-state index contributed by atoms with van der Waals surface area (Å²) < 4.78 is 2.22. The lowest BCUT2D eigenvalue weighted by molar-refractivity contribution is -0.122. The van der Waals surface area contributed by atoms with E-state index in [2.05, 4.69) is 77.1 Å². The van der Waals surface area contributed by atoms with Gasteiger partial charge >= 0.3 is 0 Å². The lowest BCUT2D eigenvalue weighted by Crippen LogP contribution is -2.50. The molecule has 5 aromatic rings. The SMILES string of the molecule is CCc1ccc(Cn2c(CCc3ccccc3)nnc2C(Cc2c[nH]c3ccccc23)CC(C)(N)C(N)=O)cc1. The highest BCUT2D eigenvalue weighted by molar-refractivity contribution is 5.84. The number of carbonyl (C=O) groups is 1. The largest absolute Gasteiger partial charge is 0.368 e. The molecule has 40 heavy (non-hydrogen) atoms. The van der Waals surface area contributed by atoms with Gasteiger partial charge in [-0.2, -0.15) is 0 Å². The fourth-order valence-corrected chi connectivity index (χ4v) is 5.41. The quantitative estimate of drug-likeness (QED) is 0.207. The standard InChI is InChI=1S/C33H38N6O/c1-3-23-13-15-25(16-14-23)22-39-30(18-17-24-9-5-4-6-10-24)37-38-31(39)26(20-33(2,35)32(34)40)19-27-21-36-29-12-8-7-11-28(27)29/h4-16,21,26,36H,3,17-20,22,35H2,1-2H3,(H2,34,40).